The molecule has 6 heteroatoms. The summed E-state index contributed by atoms with van der Waals surface area (Å²) in [4.78, 5) is 19.3. The molecular formula is C24H33N3O3. The molecule has 1 fully saturated rings. The summed E-state index contributed by atoms with van der Waals surface area (Å²) in [6.07, 6.45) is 4.82. The molecule has 1 aromatic heterocycles. The Morgan fingerprint density at radius 3 is 2.77 bits per heavy atom. The van der Waals surface area contributed by atoms with E-state index < -0.39 is 0 Å². The van der Waals surface area contributed by atoms with Crippen molar-refractivity contribution in [1.82, 2.24) is 15.2 Å². The fourth-order valence-electron chi connectivity index (χ4n) is 3.74. The molecule has 162 valence electrons. The number of piperidine rings is 1. The molecule has 0 spiro atoms. The van der Waals surface area contributed by atoms with Crippen molar-refractivity contribution in [1.29, 1.82) is 0 Å². The van der Waals surface area contributed by atoms with Crippen molar-refractivity contribution in [3.05, 3.63) is 53.9 Å². The standard InChI is InChI=1S/C24H33N3O3/c1-18(2)27-13-4-5-20(17-27)16-26-24(28)23-15-22(10-12-25-23)30-21-8-6-19(7-9-21)11-14-29-3/h6-10,12,15,18,20H,4-5,11,13-14,16-17H2,1-3H3,(H,26,28)/t20-/m1/s1. The van der Waals surface area contributed by atoms with Crippen LogP contribution in [0, 0.1) is 5.92 Å². The van der Waals surface area contributed by atoms with Gasteiger partial charge in [-0.2, -0.15) is 0 Å². The molecule has 1 aliphatic heterocycles. The molecule has 6 nitrogen and oxygen atoms in total. The summed E-state index contributed by atoms with van der Waals surface area (Å²) in [6.45, 7) is 8.01. The second-order valence-electron chi connectivity index (χ2n) is 8.17. The molecule has 0 aliphatic carbocycles. The normalized spacial score (nSPS) is 17.1. The number of nitrogens with one attached hydrogen (secondary N) is 1. The molecule has 0 bridgehead atoms. The highest BCUT2D eigenvalue weighted by Gasteiger charge is 2.22. The van der Waals surface area contributed by atoms with E-state index in [1.54, 1.807) is 25.4 Å². The largest absolute Gasteiger partial charge is 0.457 e. The monoisotopic (exact) mass is 411 g/mol. The molecule has 3 rings (SSSR count). The summed E-state index contributed by atoms with van der Waals surface area (Å²) in [5.41, 5.74) is 1.57. The predicted molar refractivity (Wildman–Crippen MR) is 118 cm³/mol. The van der Waals surface area contributed by atoms with Crippen LogP contribution >= 0.6 is 0 Å². The third-order valence-corrected chi connectivity index (χ3v) is 5.55. The number of likely N-dealkylation sites (tertiary alicyclic amines) is 1. The number of methoxy groups -OCH3 is 1. The number of hydrogen-bond acceptors (Lipinski definition) is 5. The van der Waals surface area contributed by atoms with Gasteiger partial charge in [-0.15, -0.1) is 0 Å². The molecular weight excluding hydrogens is 378 g/mol. The Hall–Kier alpha value is -2.44. The molecule has 0 saturated carbocycles. The van der Waals surface area contributed by atoms with Crippen LogP contribution in [0.15, 0.2) is 42.6 Å². The van der Waals surface area contributed by atoms with Crippen LogP contribution < -0.4 is 10.1 Å². The van der Waals surface area contributed by atoms with E-state index in [9.17, 15) is 4.79 Å². The molecule has 1 amide bonds. The first-order valence-electron chi connectivity index (χ1n) is 10.8. The number of pyridine rings is 1. The topological polar surface area (TPSA) is 63.7 Å². The van der Waals surface area contributed by atoms with E-state index in [-0.39, 0.29) is 5.91 Å². The molecule has 0 radical (unpaired) electrons. The lowest BCUT2D eigenvalue weighted by atomic mass is 9.97. The van der Waals surface area contributed by atoms with E-state index in [2.05, 4.69) is 29.0 Å². The number of carbonyl (C=O) groups is 1. The maximum Gasteiger partial charge on any atom is 0.270 e. The van der Waals surface area contributed by atoms with Crippen molar-refractivity contribution in [2.45, 2.75) is 39.2 Å². The van der Waals surface area contributed by atoms with Crippen LogP contribution in [0.1, 0.15) is 42.7 Å². The smallest absolute Gasteiger partial charge is 0.270 e. The summed E-state index contributed by atoms with van der Waals surface area (Å²) in [5.74, 6) is 1.66. The minimum absolute atomic E-state index is 0.156. The zero-order valence-electron chi connectivity index (χ0n) is 18.3. The summed E-state index contributed by atoms with van der Waals surface area (Å²) in [5, 5.41) is 3.05. The van der Waals surface area contributed by atoms with Crippen molar-refractivity contribution >= 4 is 5.91 Å². The average molecular weight is 412 g/mol. The van der Waals surface area contributed by atoms with E-state index >= 15 is 0 Å². The number of rotatable bonds is 9. The molecule has 30 heavy (non-hydrogen) atoms. The van der Waals surface area contributed by atoms with Crippen molar-refractivity contribution < 1.29 is 14.3 Å². The Balaban J connectivity index is 1.53. The lowest BCUT2D eigenvalue weighted by molar-refractivity contribution is 0.0917. The van der Waals surface area contributed by atoms with Gasteiger partial charge in [0.15, 0.2) is 0 Å². The van der Waals surface area contributed by atoms with Gasteiger partial charge < -0.3 is 19.7 Å². The van der Waals surface area contributed by atoms with Crippen LogP contribution in [-0.4, -0.2) is 55.2 Å². The van der Waals surface area contributed by atoms with Gasteiger partial charge in [0.2, 0.25) is 0 Å². The highest BCUT2D eigenvalue weighted by molar-refractivity contribution is 5.92. The third-order valence-electron chi connectivity index (χ3n) is 5.55. The first-order valence-corrected chi connectivity index (χ1v) is 10.8. The van der Waals surface area contributed by atoms with Gasteiger partial charge in [-0.1, -0.05) is 12.1 Å². The minimum Gasteiger partial charge on any atom is -0.457 e. The molecule has 2 heterocycles. The van der Waals surface area contributed by atoms with Crippen molar-refractivity contribution in [3.8, 4) is 11.5 Å². The van der Waals surface area contributed by atoms with Gasteiger partial charge in [-0.25, -0.2) is 0 Å². The minimum atomic E-state index is -0.156. The Labute approximate surface area is 179 Å². The van der Waals surface area contributed by atoms with E-state index in [4.69, 9.17) is 9.47 Å². The number of carbonyl (C=O) groups excluding carboxylic acids is 1. The Morgan fingerprint density at radius 1 is 1.23 bits per heavy atom. The number of aromatic nitrogens is 1. The van der Waals surface area contributed by atoms with Gasteiger partial charge >= 0.3 is 0 Å². The number of ether oxygens (including phenoxy) is 2. The van der Waals surface area contributed by atoms with E-state index in [0.29, 0.717) is 36.6 Å². The molecule has 1 aromatic carbocycles. The first kappa shape index (κ1) is 22.2. The Morgan fingerprint density at radius 2 is 2.03 bits per heavy atom. The predicted octanol–water partition coefficient (Wildman–Crippen LogP) is 3.91. The maximum absolute atomic E-state index is 12.6. The molecule has 1 atom stereocenters. The molecule has 2 aromatic rings. The zero-order valence-corrected chi connectivity index (χ0v) is 18.3. The molecule has 1 N–H and O–H groups in total. The molecule has 1 saturated heterocycles. The number of amides is 1. The first-order chi connectivity index (χ1) is 14.5. The summed E-state index contributed by atoms with van der Waals surface area (Å²) < 4.78 is 11.0. The van der Waals surface area contributed by atoms with Gasteiger partial charge in [0.05, 0.1) is 6.61 Å². The van der Waals surface area contributed by atoms with Crippen molar-refractivity contribution in [2.75, 3.05) is 33.4 Å². The number of hydrogen-bond donors (Lipinski definition) is 1. The van der Waals surface area contributed by atoms with Gasteiger partial charge in [0, 0.05) is 38.5 Å². The highest BCUT2D eigenvalue weighted by Crippen LogP contribution is 2.22. The Kier molecular flexibility index (Phi) is 8.22. The van der Waals surface area contributed by atoms with Crippen LogP contribution in [0.5, 0.6) is 11.5 Å². The highest BCUT2D eigenvalue weighted by atomic mass is 16.5. The van der Waals surface area contributed by atoms with Crippen LogP contribution in [0.2, 0.25) is 0 Å². The van der Waals surface area contributed by atoms with Crippen LogP contribution in [0.25, 0.3) is 0 Å². The maximum atomic E-state index is 12.6. The van der Waals surface area contributed by atoms with Gasteiger partial charge in [0.25, 0.3) is 5.91 Å². The molecule has 0 unspecified atom stereocenters. The summed E-state index contributed by atoms with van der Waals surface area (Å²) in [7, 11) is 1.70. The lowest BCUT2D eigenvalue weighted by Gasteiger charge is -2.35. The van der Waals surface area contributed by atoms with Gasteiger partial charge in [-0.05, 0) is 69.3 Å². The SMILES string of the molecule is COCCc1ccc(Oc2ccnc(C(=O)NC[C@H]3CCCN(C(C)C)C3)c2)cc1. The second-order valence-corrected chi connectivity index (χ2v) is 8.17. The fraction of sp³-hybridized carbons (Fsp3) is 0.500. The molecule has 1 aliphatic rings. The van der Waals surface area contributed by atoms with E-state index in [1.165, 1.54) is 12.0 Å². The lowest BCUT2D eigenvalue weighted by Crippen LogP contribution is -2.43. The zero-order chi connectivity index (χ0) is 21.3. The quantitative estimate of drug-likeness (QED) is 0.678. The number of nitrogens with zero attached hydrogens (tertiary/aromatic N) is 2. The average Bonchev–Trinajstić information content (AvgIpc) is 2.77. The summed E-state index contributed by atoms with van der Waals surface area (Å²) >= 11 is 0. The third kappa shape index (κ3) is 6.54. The van der Waals surface area contributed by atoms with Crippen LogP contribution in [0.4, 0.5) is 0 Å². The van der Waals surface area contributed by atoms with Gasteiger partial charge in [-0.3, -0.25) is 9.78 Å². The van der Waals surface area contributed by atoms with Crippen molar-refractivity contribution in [3.63, 3.8) is 0 Å². The number of benzene rings is 1. The van der Waals surface area contributed by atoms with Crippen LogP contribution in [-0.2, 0) is 11.2 Å². The van der Waals surface area contributed by atoms with Crippen molar-refractivity contribution in [2.24, 2.45) is 5.92 Å². The van der Waals surface area contributed by atoms with Crippen LogP contribution in [0.3, 0.4) is 0 Å². The Bertz CT molecular complexity index is 808. The fourth-order valence-corrected chi connectivity index (χ4v) is 3.74. The van der Waals surface area contributed by atoms with E-state index in [0.717, 1.165) is 31.7 Å². The van der Waals surface area contributed by atoms with Gasteiger partial charge in [0.1, 0.15) is 17.2 Å². The van der Waals surface area contributed by atoms with E-state index in [1.807, 2.05) is 24.3 Å². The second kappa shape index (κ2) is 11.1. The summed E-state index contributed by atoms with van der Waals surface area (Å²) in [6, 6.07) is 11.9.